The van der Waals surface area contributed by atoms with Crippen LogP contribution in [0.4, 0.5) is 0 Å². The van der Waals surface area contributed by atoms with E-state index in [-0.39, 0.29) is 11.8 Å². The maximum atomic E-state index is 12.2. The number of hydrogen-bond donors (Lipinski definition) is 1. The second-order valence-electron chi connectivity index (χ2n) is 7.41. The summed E-state index contributed by atoms with van der Waals surface area (Å²) in [5.41, 5.74) is 2.21. The van der Waals surface area contributed by atoms with Crippen LogP contribution in [0.2, 0.25) is 0 Å². The molecule has 26 heavy (non-hydrogen) atoms. The fourth-order valence-corrected chi connectivity index (χ4v) is 4.21. The van der Waals surface area contributed by atoms with Crippen LogP contribution >= 0.6 is 11.5 Å². The summed E-state index contributed by atoms with van der Waals surface area (Å²) in [5.74, 6) is 1.31. The average molecular weight is 372 g/mol. The molecule has 1 amide bonds. The quantitative estimate of drug-likeness (QED) is 0.876. The number of aromatic nitrogens is 1. The molecule has 2 aromatic rings. The van der Waals surface area contributed by atoms with Crippen molar-refractivity contribution in [3.63, 3.8) is 0 Å². The van der Waals surface area contributed by atoms with E-state index in [0.29, 0.717) is 32.4 Å². The topological polar surface area (TPSA) is 62.7 Å². The lowest BCUT2D eigenvalue weighted by Gasteiger charge is -2.38. The van der Waals surface area contributed by atoms with Gasteiger partial charge in [0.15, 0.2) is 0 Å². The monoisotopic (exact) mass is 372 g/mol. The van der Waals surface area contributed by atoms with E-state index in [1.165, 1.54) is 11.5 Å². The van der Waals surface area contributed by atoms with E-state index in [1.807, 2.05) is 34.5 Å². The largest absolute Gasteiger partial charge is 0.497 e. The van der Waals surface area contributed by atoms with E-state index in [1.54, 1.807) is 7.11 Å². The van der Waals surface area contributed by atoms with Crippen molar-refractivity contribution in [1.82, 2.24) is 9.27 Å². The fourth-order valence-electron chi connectivity index (χ4n) is 3.69. The minimum Gasteiger partial charge on any atom is -0.497 e. The number of piperidine rings is 1. The summed E-state index contributed by atoms with van der Waals surface area (Å²) in [4.78, 5) is 14.2. The van der Waals surface area contributed by atoms with Gasteiger partial charge in [0.05, 0.1) is 18.4 Å². The molecular weight excluding hydrogens is 348 g/mol. The Labute approximate surface area is 157 Å². The Morgan fingerprint density at radius 1 is 1.35 bits per heavy atom. The smallest absolute Gasteiger partial charge is 0.225 e. The Bertz CT molecular complexity index is 778. The summed E-state index contributed by atoms with van der Waals surface area (Å²) in [6.07, 6.45) is 3.86. The second kappa shape index (κ2) is 7.00. The van der Waals surface area contributed by atoms with Crippen molar-refractivity contribution < 1.29 is 14.6 Å². The number of amides is 1. The molecule has 6 heteroatoms. The van der Waals surface area contributed by atoms with Crippen LogP contribution in [-0.4, -0.2) is 46.1 Å². The zero-order valence-corrected chi connectivity index (χ0v) is 15.8. The molecular formula is C20H24N2O3S. The normalized spacial score (nSPS) is 19.4. The van der Waals surface area contributed by atoms with Gasteiger partial charge < -0.3 is 14.7 Å². The van der Waals surface area contributed by atoms with Gasteiger partial charge in [0.1, 0.15) is 5.75 Å². The summed E-state index contributed by atoms with van der Waals surface area (Å²) >= 11 is 1.42. The third-order valence-corrected chi connectivity index (χ3v) is 6.04. The molecule has 1 aromatic heterocycles. The third kappa shape index (κ3) is 3.62. The minimum atomic E-state index is -0.778. The molecule has 1 N–H and O–H groups in total. The highest BCUT2D eigenvalue weighted by atomic mass is 32.1. The first-order valence-corrected chi connectivity index (χ1v) is 10.0. The summed E-state index contributed by atoms with van der Waals surface area (Å²) in [5, 5.41) is 13.1. The van der Waals surface area contributed by atoms with Gasteiger partial charge >= 0.3 is 0 Å². The van der Waals surface area contributed by atoms with Gasteiger partial charge in [0.2, 0.25) is 5.91 Å². The Balaban J connectivity index is 1.51. The van der Waals surface area contributed by atoms with E-state index in [2.05, 4.69) is 4.37 Å². The zero-order valence-electron chi connectivity index (χ0n) is 15.0. The number of carbonyl (C=O) groups excluding carboxylic acids is 1. The lowest BCUT2D eigenvalue weighted by Crippen LogP contribution is -2.48. The number of rotatable bonds is 5. The maximum absolute atomic E-state index is 12.2. The van der Waals surface area contributed by atoms with Gasteiger partial charge in [-0.1, -0.05) is 6.07 Å². The molecule has 0 spiro atoms. The molecule has 2 heterocycles. The number of aliphatic hydroxyl groups is 1. The summed E-state index contributed by atoms with van der Waals surface area (Å²) in [7, 11) is 1.65. The molecule has 138 valence electrons. The lowest BCUT2D eigenvalue weighted by atomic mass is 9.83. The van der Waals surface area contributed by atoms with Gasteiger partial charge in [-0.3, -0.25) is 4.79 Å². The Morgan fingerprint density at radius 3 is 2.73 bits per heavy atom. The van der Waals surface area contributed by atoms with Crippen molar-refractivity contribution in [2.45, 2.75) is 37.7 Å². The zero-order chi connectivity index (χ0) is 18.1. The summed E-state index contributed by atoms with van der Waals surface area (Å²) in [6, 6.07) is 7.93. The van der Waals surface area contributed by atoms with Crippen molar-refractivity contribution in [3.05, 3.63) is 35.2 Å². The predicted octanol–water partition coefficient (Wildman–Crippen LogP) is 3.12. The van der Waals surface area contributed by atoms with Gasteiger partial charge in [-0.2, -0.15) is 4.37 Å². The molecule has 0 radical (unpaired) electrons. The highest BCUT2D eigenvalue weighted by molar-refractivity contribution is 7.03. The minimum absolute atomic E-state index is 0.249. The molecule has 0 atom stereocenters. The molecule has 1 saturated carbocycles. The van der Waals surface area contributed by atoms with Crippen molar-refractivity contribution in [2.24, 2.45) is 5.92 Å². The van der Waals surface area contributed by atoms with Crippen LogP contribution in [-0.2, 0) is 11.2 Å². The van der Waals surface area contributed by atoms with Gasteiger partial charge in [-0.25, -0.2) is 0 Å². The Hall–Kier alpha value is -1.92. The van der Waals surface area contributed by atoms with Crippen LogP contribution in [0.15, 0.2) is 29.6 Å². The van der Waals surface area contributed by atoms with E-state index in [4.69, 9.17) is 4.74 Å². The van der Waals surface area contributed by atoms with Crippen LogP contribution in [0, 0.1) is 5.92 Å². The van der Waals surface area contributed by atoms with Crippen molar-refractivity contribution in [3.8, 4) is 17.0 Å². The number of ether oxygens (including phenoxy) is 1. The molecule has 1 saturated heterocycles. The van der Waals surface area contributed by atoms with E-state index in [9.17, 15) is 9.90 Å². The molecule has 5 nitrogen and oxygen atoms in total. The number of carbonyl (C=O) groups is 1. The second-order valence-corrected chi connectivity index (χ2v) is 8.07. The summed E-state index contributed by atoms with van der Waals surface area (Å²) in [6.45, 7) is 1.29. The lowest BCUT2D eigenvalue weighted by molar-refractivity contribution is -0.136. The number of benzene rings is 1. The van der Waals surface area contributed by atoms with Gasteiger partial charge in [0, 0.05) is 36.4 Å². The van der Waals surface area contributed by atoms with E-state index < -0.39 is 5.60 Å². The molecule has 1 aliphatic carbocycles. The van der Waals surface area contributed by atoms with E-state index in [0.717, 1.165) is 35.4 Å². The van der Waals surface area contributed by atoms with Gasteiger partial charge in [-0.15, -0.1) is 0 Å². The van der Waals surface area contributed by atoms with E-state index >= 15 is 0 Å². The third-order valence-electron chi connectivity index (χ3n) is 5.48. The average Bonchev–Trinajstić information content (AvgIpc) is 3.36. The van der Waals surface area contributed by atoms with Gasteiger partial charge in [0.25, 0.3) is 0 Å². The van der Waals surface area contributed by atoms with Crippen LogP contribution in [0.1, 0.15) is 31.2 Å². The Kier molecular flexibility index (Phi) is 4.71. The first kappa shape index (κ1) is 17.5. The van der Waals surface area contributed by atoms with Crippen LogP contribution in [0.5, 0.6) is 5.75 Å². The van der Waals surface area contributed by atoms with Crippen molar-refractivity contribution >= 4 is 17.4 Å². The van der Waals surface area contributed by atoms with Crippen LogP contribution < -0.4 is 4.74 Å². The Morgan fingerprint density at radius 2 is 2.12 bits per heavy atom. The number of nitrogens with zero attached hydrogens (tertiary/aromatic N) is 2. The molecule has 4 rings (SSSR count). The fraction of sp³-hybridized carbons (Fsp3) is 0.500. The highest BCUT2D eigenvalue weighted by Gasteiger charge is 2.39. The number of hydrogen-bond acceptors (Lipinski definition) is 5. The van der Waals surface area contributed by atoms with Crippen LogP contribution in [0.25, 0.3) is 11.3 Å². The molecule has 1 aromatic carbocycles. The van der Waals surface area contributed by atoms with Crippen molar-refractivity contribution in [2.75, 3.05) is 20.2 Å². The van der Waals surface area contributed by atoms with Crippen molar-refractivity contribution in [1.29, 1.82) is 0 Å². The van der Waals surface area contributed by atoms with Crippen LogP contribution in [0.3, 0.4) is 0 Å². The highest BCUT2D eigenvalue weighted by Crippen LogP contribution is 2.36. The molecule has 1 aliphatic heterocycles. The molecule has 2 aliphatic rings. The number of methoxy groups -OCH3 is 1. The first-order chi connectivity index (χ1) is 12.6. The molecule has 2 fully saturated rings. The van der Waals surface area contributed by atoms with Gasteiger partial charge in [-0.05, 0) is 61.0 Å². The summed E-state index contributed by atoms with van der Waals surface area (Å²) < 4.78 is 9.81. The molecule has 0 unspecified atom stereocenters. The number of likely N-dealkylation sites (tertiary alicyclic amines) is 1. The predicted molar refractivity (Wildman–Crippen MR) is 101 cm³/mol. The first-order valence-electron chi connectivity index (χ1n) is 9.17. The SMILES string of the molecule is COc1ccc(CC2(O)CCN(C(=O)C3CC3)CC2)c(-c2ccsn2)c1. The maximum Gasteiger partial charge on any atom is 0.225 e. The molecule has 0 bridgehead atoms. The standard InChI is InChI=1S/C20H24N2O3S/c1-25-16-5-4-15(17(12-16)18-6-11-26-21-18)13-20(24)7-9-22(10-8-20)19(23)14-2-3-14/h4-6,11-12,14,24H,2-3,7-10,13H2,1H3.